The van der Waals surface area contributed by atoms with Gasteiger partial charge in [0.05, 0.1) is 6.61 Å². The average Bonchev–Trinajstić information content (AvgIpc) is 2.18. The van der Waals surface area contributed by atoms with Crippen LogP contribution in [0.25, 0.3) is 0 Å². The van der Waals surface area contributed by atoms with Gasteiger partial charge in [0.1, 0.15) is 29.9 Å². The van der Waals surface area contributed by atoms with Crippen LogP contribution in [0.15, 0.2) is 0 Å². The first-order valence-corrected chi connectivity index (χ1v) is 5.87. The second-order valence-corrected chi connectivity index (χ2v) is 5.56. The van der Waals surface area contributed by atoms with E-state index in [2.05, 4.69) is 0 Å². The van der Waals surface area contributed by atoms with Crippen LogP contribution in [0.3, 0.4) is 0 Å². The Morgan fingerprint density at radius 2 is 1.73 bits per heavy atom. The Balaban J connectivity index is 2.65. The Bertz CT molecular complexity index is 199. The molecule has 6 heteroatoms. The molecular formula is C9H18O5S. The molecular weight excluding hydrogens is 220 g/mol. The Hall–Kier alpha value is 0.150. The quantitative estimate of drug-likeness (QED) is 0.500. The van der Waals surface area contributed by atoms with Crippen molar-refractivity contribution < 1.29 is 25.2 Å². The summed E-state index contributed by atoms with van der Waals surface area (Å²) in [6, 6.07) is 0. The standard InChI is InChI=1S/C9H18O5S/c1-4(2)15-9-8(13)7(12)6(11)5(3-10)14-9/h4-13H,3H2,1-2H3/t5-,6-,7+,8-,9+/m1/s1. The molecule has 90 valence electrons. The lowest BCUT2D eigenvalue weighted by Gasteiger charge is -2.40. The molecule has 0 aliphatic carbocycles. The summed E-state index contributed by atoms with van der Waals surface area (Å²) in [5.74, 6) is 0. The van der Waals surface area contributed by atoms with Gasteiger partial charge in [0.2, 0.25) is 0 Å². The zero-order valence-electron chi connectivity index (χ0n) is 8.78. The smallest absolute Gasteiger partial charge is 0.132 e. The van der Waals surface area contributed by atoms with Crippen molar-refractivity contribution in [1.82, 2.24) is 0 Å². The van der Waals surface area contributed by atoms with Gasteiger partial charge in [-0.2, -0.15) is 0 Å². The highest BCUT2D eigenvalue weighted by molar-refractivity contribution is 8.00. The number of hydrogen-bond acceptors (Lipinski definition) is 6. The Morgan fingerprint density at radius 1 is 1.13 bits per heavy atom. The van der Waals surface area contributed by atoms with Gasteiger partial charge in [-0.3, -0.25) is 0 Å². The van der Waals surface area contributed by atoms with Crippen molar-refractivity contribution >= 4 is 11.8 Å². The van der Waals surface area contributed by atoms with E-state index < -0.39 is 29.9 Å². The van der Waals surface area contributed by atoms with Gasteiger partial charge in [-0.1, -0.05) is 13.8 Å². The fourth-order valence-corrected chi connectivity index (χ4v) is 2.51. The van der Waals surface area contributed by atoms with Crippen LogP contribution >= 0.6 is 11.8 Å². The topological polar surface area (TPSA) is 90.2 Å². The summed E-state index contributed by atoms with van der Waals surface area (Å²) >= 11 is 1.35. The molecule has 1 rings (SSSR count). The molecule has 15 heavy (non-hydrogen) atoms. The minimum atomic E-state index is -1.27. The Morgan fingerprint density at radius 3 is 2.20 bits per heavy atom. The molecule has 0 saturated carbocycles. The van der Waals surface area contributed by atoms with E-state index >= 15 is 0 Å². The van der Waals surface area contributed by atoms with Crippen LogP contribution in [0.2, 0.25) is 0 Å². The van der Waals surface area contributed by atoms with E-state index in [4.69, 9.17) is 9.84 Å². The highest BCUT2D eigenvalue weighted by Crippen LogP contribution is 2.30. The van der Waals surface area contributed by atoms with Crippen molar-refractivity contribution in [3.63, 3.8) is 0 Å². The molecule has 1 aliphatic rings. The van der Waals surface area contributed by atoms with Crippen LogP contribution in [0.5, 0.6) is 0 Å². The van der Waals surface area contributed by atoms with Crippen molar-refractivity contribution in [3.05, 3.63) is 0 Å². The lowest BCUT2D eigenvalue weighted by molar-refractivity contribution is -0.205. The highest BCUT2D eigenvalue weighted by Gasteiger charge is 2.43. The Labute approximate surface area is 93.1 Å². The van der Waals surface area contributed by atoms with Crippen LogP contribution in [0.1, 0.15) is 13.8 Å². The van der Waals surface area contributed by atoms with Gasteiger partial charge >= 0.3 is 0 Å². The van der Waals surface area contributed by atoms with E-state index in [0.717, 1.165) is 0 Å². The largest absolute Gasteiger partial charge is 0.394 e. The zero-order chi connectivity index (χ0) is 11.6. The van der Waals surface area contributed by atoms with Gasteiger partial charge in [0.15, 0.2) is 0 Å². The molecule has 0 spiro atoms. The first kappa shape index (κ1) is 13.2. The van der Waals surface area contributed by atoms with E-state index in [-0.39, 0.29) is 11.9 Å². The summed E-state index contributed by atoms with van der Waals surface area (Å²) in [7, 11) is 0. The molecule has 0 unspecified atom stereocenters. The van der Waals surface area contributed by atoms with Crippen LogP contribution in [0, 0.1) is 0 Å². The van der Waals surface area contributed by atoms with Crippen molar-refractivity contribution in [2.45, 2.75) is 48.9 Å². The normalized spacial score (nSPS) is 42.2. The molecule has 5 nitrogen and oxygen atoms in total. The number of hydrogen-bond donors (Lipinski definition) is 4. The van der Waals surface area contributed by atoms with Gasteiger partial charge in [0, 0.05) is 5.25 Å². The number of ether oxygens (including phenoxy) is 1. The van der Waals surface area contributed by atoms with E-state index in [1.807, 2.05) is 13.8 Å². The third-order valence-corrected chi connectivity index (χ3v) is 3.46. The average molecular weight is 238 g/mol. The van der Waals surface area contributed by atoms with Crippen LogP contribution < -0.4 is 0 Å². The minimum Gasteiger partial charge on any atom is -0.394 e. The monoisotopic (exact) mass is 238 g/mol. The second kappa shape index (κ2) is 5.47. The van der Waals surface area contributed by atoms with Gasteiger partial charge in [-0.15, -0.1) is 11.8 Å². The predicted molar refractivity (Wildman–Crippen MR) is 56.5 cm³/mol. The molecule has 0 amide bonds. The molecule has 4 N–H and O–H groups in total. The maximum absolute atomic E-state index is 9.63. The van der Waals surface area contributed by atoms with Crippen molar-refractivity contribution in [2.75, 3.05) is 6.61 Å². The summed E-state index contributed by atoms with van der Waals surface area (Å²) in [6.07, 6.45) is -4.48. The number of aliphatic hydroxyl groups is 4. The van der Waals surface area contributed by atoms with E-state index in [9.17, 15) is 15.3 Å². The number of aliphatic hydroxyl groups excluding tert-OH is 4. The molecule has 1 saturated heterocycles. The summed E-state index contributed by atoms with van der Waals surface area (Å²) in [5.41, 5.74) is -0.611. The summed E-state index contributed by atoms with van der Waals surface area (Å²) in [6.45, 7) is 3.50. The van der Waals surface area contributed by atoms with Gasteiger partial charge in [-0.05, 0) is 0 Å². The van der Waals surface area contributed by atoms with Crippen molar-refractivity contribution in [2.24, 2.45) is 0 Å². The van der Waals surface area contributed by atoms with Gasteiger partial charge in [0.25, 0.3) is 0 Å². The zero-order valence-corrected chi connectivity index (χ0v) is 9.59. The fourth-order valence-electron chi connectivity index (χ4n) is 1.45. The third-order valence-electron chi connectivity index (χ3n) is 2.25. The number of rotatable bonds is 3. The molecule has 0 bridgehead atoms. The lowest BCUT2D eigenvalue weighted by atomic mass is 10.0. The van der Waals surface area contributed by atoms with E-state index in [0.29, 0.717) is 0 Å². The van der Waals surface area contributed by atoms with Crippen LogP contribution in [-0.4, -0.2) is 62.1 Å². The predicted octanol–water partition coefficient (Wildman–Crippen LogP) is -1.07. The summed E-state index contributed by atoms with van der Waals surface area (Å²) < 4.78 is 5.29. The molecule has 0 aromatic carbocycles. The maximum atomic E-state index is 9.63. The Kier molecular flexibility index (Phi) is 4.82. The van der Waals surface area contributed by atoms with E-state index in [1.165, 1.54) is 11.8 Å². The van der Waals surface area contributed by atoms with Gasteiger partial charge < -0.3 is 25.2 Å². The summed E-state index contributed by atoms with van der Waals surface area (Å²) in [5, 5.41) is 37.8. The molecule has 0 aromatic heterocycles. The fraction of sp³-hybridized carbons (Fsp3) is 1.00. The number of thioether (sulfide) groups is 1. The maximum Gasteiger partial charge on any atom is 0.132 e. The first-order valence-electron chi connectivity index (χ1n) is 4.93. The van der Waals surface area contributed by atoms with Gasteiger partial charge in [-0.25, -0.2) is 0 Å². The van der Waals surface area contributed by atoms with E-state index in [1.54, 1.807) is 0 Å². The SMILES string of the molecule is CC(C)S[C@@H]1O[C@H](CO)[C@@H](O)[C@H](O)[C@H]1O. The molecule has 1 aliphatic heterocycles. The van der Waals surface area contributed by atoms with Crippen LogP contribution in [0.4, 0.5) is 0 Å². The van der Waals surface area contributed by atoms with Crippen LogP contribution in [-0.2, 0) is 4.74 Å². The second-order valence-electron chi connectivity index (χ2n) is 3.88. The van der Waals surface area contributed by atoms with Crippen molar-refractivity contribution in [3.8, 4) is 0 Å². The van der Waals surface area contributed by atoms with Crippen molar-refractivity contribution in [1.29, 1.82) is 0 Å². The first-order chi connectivity index (χ1) is 6.97. The molecule has 0 radical (unpaired) electrons. The molecule has 0 aromatic rings. The lowest BCUT2D eigenvalue weighted by Crippen LogP contribution is -2.57. The summed E-state index contributed by atoms with van der Waals surface area (Å²) in [4.78, 5) is 0. The molecule has 1 fully saturated rings. The highest BCUT2D eigenvalue weighted by atomic mass is 32.2. The third kappa shape index (κ3) is 3.05. The molecule has 5 atom stereocenters. The minimum absolute atomic E-state index is 0.228. The molecule has 1 heterocycles.